The summed E-state index contributed by atoms with van der Waals surface area (Å²) in [4.78, 5) is 47.4. The predicted molar refractivity (Wildman–Crippen MR) is 161 cm³/mol. The molecule has 8 nitrogen and oxygen atoms in total. The monoisotopic (exact) mass is 580 g/mol. The van der Waals surface area contributed by atoms with Gasteiger partial charge in [-0.1, -0.05) is 50.8 Å². The second kappa shape index (κ2) is 12.1. The molecular weight excluding hydrogens is 536 g/mol. The summed E-state index contributed by atoms with van der Waals surface area (Å²) in [7, 11) is 0. The third-order valence-electron chi connectivity index (χ3n) is 10.1. The molecule has 4 fully saturated rings. The largest absolute Gasteiger partial charge is 0.359 e. The summed E-state index contributed by atoms with van der Waals surface area (Å²) in [6.45, 7) is 4.43. The Bertz CT molecular complexity index is 1190. The standard InChI is InChI=1S/C32H44N4O4S/c1-3-23-13-7-8-17-35(23)18-19-36-28(30(38)33-21-10-5-4-6-11-21)32-16-15-25(40-32)26(27(32)31(36)39)29(37)34-22-12-9-14-24(20-22)41-2/h9,12,14-16,20-21,23,25-28H,3-8,10-11,13,17-19H2,1-2H3,(H,33,38)(H,34,37)/t23-,25-,26+,27-,28+,32+/m1/s1. The summed E-state index contributed by atoms with van der Waals surface area (Å²) >= 11 is 1.61. The lowest BCUT2D eigenvalue weighted by Gasteiger charge is -2.38. The number of benzene rings is 1. The van der Waals surface area contributed by atoms with E-state index < -0.39 is 29.6 Å². The molecule has 1 aromatic carbocycles. The Kier molecular flexibility index (Phi) is 8.48. The summed E-state index contributed by atoms with van der Waals surface area (Å²) in [6, 6.07) is 7.58. The molecular formula is C32H44N4O4S. The van der Waals surface area contributed by atoms with Gasteiger partial charge in [0, 0.05) is 35.8 Å². The normalized spacial score (nSPS) is 33.3. The lowest BCUT2D eigenvalue weighted by molar-refractivity contribution is -0.141. The zero-order valence-electron chi connectivity index (χ0n) is 24.3. The number of hydrogen-bond donors (Lipinski definition) is 2. The van der Waals surface area contributed by atoms with Gasteiger partial charge in [0.1, 0.15) is 11.6 Å². The zero-order valence-corrected chi connectivity index (χ0v) is 25.2. The van der Waals surface area contributed by atoms with Crippen LogP contribution in [0.1, 0.15) is 64.7 Å². The van der Waals surface area contributed by atoms with Gasteiger partial charge in [-0.25, -0.2) is 0 Å². The van der Waals surface area contributed by atoms with Gasteiger partial charge in [0.2, 0.25) is 17.7 Å². The first-order valence-electron chi connectivity index (χ1n) is 15.6. The van der Waals surface area contributed by atoms with Crippen molar-refractivity contribution in [2.45, 2.75) is 99.4 Å². The van der Waals surface area contributed by atoms with E-state index >= 15 is 0 Å². The Morgan fingerprint density at radius 2 is 1.88 bits per heavy atom. The van der Waals surface area contributed by atoms with Crippen LogP contribution in [0.15, 0.2) is 41.3 Å². The highest BCUT2D eigenvalue weighted by atomic mass is 32.2. The van der Waals surface area contributed by atoms with E-state index in [1.807, 2.05) is 42.7 Å². The number of ether oxygens (including phenoxy) is 1. The van der Waals surface area contributed by atoms with Crippen LogP contribution >= 0.6 is 11.8 Å². The number of likely N-dealkylation sites (tertiary alicyclic amines) is 2. The van der Waals surface area contributed by atoms with Gasteiger partial charge in [0.15, 0.2) is 0 Å². The molecule has 5 aliphatic rings. The number of carbonyl (C=O) groups is 3. The van der Waals surface area contributed by atoms with Crippen LogP contribution in [-0.2, 0) is 19.1 Å². The van der Waals surface area contributed by atoms with Gasteiger partial charge >= 0.3 is 0 Å². The molecule has 1 aliphatic carbocycles. The van der Waals surface area contributed by atoms with Crippen molar-refractivity contribution in [3.63, 3.8) is 0 Å². The molecule has 6 rings (SSSR count). The molecule has 0 aromatic heterocycles. The number of carbonyl (C=O) groups excluding carboxylic acids is 3. The van der Waals surface area contributed by atoms with Gasteiger partial charge in [0.25, 0.3) is 0 Å². The maximum atomic E-state index is 14.3. The summed E-state index contributed by atoms with van der Waals surface area (Å²) < 4.78 is 6.54. The molecule has 0 unspecified atom stereocenters. The molecule has 41 heavy (non-hydrogen) atoms. The number of nitrogens with one attached hydrogen (secondary N) is 2. The van der Waals surface area contributed by atoms with Gasteiger partial charge in [0.05, 0.1) is 17.9 Å². The SMILES string of the molecule is CC[C@@H]1CCCCN1CCN1C(=O)[C@H]2[C@@H](C(=O)Nc3cccc(SC)c3)[C@H]3C=C[C@@]2(O3)[C@@H]1C(=O)NC1CCCCC1. The van der Waals surface area contributed by atoms with E-state index in [9.17, 15) is 14.4 Å². The number of thioether (sulfide) groups is 1. The molecule has 4 heterocycles. The predicted octanol–water partition coefficient (Wildman–Crippen LogP) is 4.21. The van der Waals surface area contributed by atoms with E-state index in [0.29, 0.717) is 18.3 Å². The average Bonchev–Trinajstić information content (AvgIpc) is 3.64. The lowest BCUT2D eigenvalue weighted by atomic mass is 9.74. The molecule has 1 saturated carbocycles. The molecule has 6 atom stereocenters. The number of fused-ring (bicyclic) bond motifs is 1. The highest BCUT2D eigenvalue weighted by molar-refractivity contribution is 7.98. The van der Waals surface area contributed by atoms with Crippen LogP contribution in [0.5, 0.6) is 0 Å². The Morgan fingerprint density at radius 1 is 1.07 bits per heavy atom. The first-order valence-corrected chi connectivity index (χ1v) is 16.8. The molecule has 2 bridgehead atoms. The van der Waals surface area contributed by atoms with Crippen LogP contribution in [0.25, 0.3) is 0 Å². The van der Waals surface area contributed by atoms with E-state index in [2.05, 4.69) is 22.5 Å². The van der Waals surface area contributed by atoms with E-state index in [1.165, 1.54) is 19.3 Å². The Labute approximate surface area is 248 Å². The summed E-state index contributed by atoms with van der Waals surface area (Å²) in [5.41, 5.74) is -0.414. The van der Waals surface area contributed by atoms with Crippen LogP contribution < -0.4 is 10.6 Å². The molecule has 2 N–H and O–H groups in total. The molecule has 3 saturated heterocycles. The van der Waals surface area contributed by atoms with Crippen molar-refractivity contribution in [1.82, 2.24) is 15.1 Å². The van der Waals surface area contributed by atoms with Gasteiger partial charge in [-0.15, -0.1) is 11.8 Å². The van der Waals surface area contributed by atoms with Crippen molar-refractivity contribution >= 4 is 35.2 Å². The van der Waals surface area contributed by atoms with E-state index in [1.54, 1.807) is 16.7 Å². The smallest absolute Gasteiger partial charge is 0.246 e. The van der Waals surface area contributed by atoms with Crippen LogP contribution in [0.3, 0.4) is 0 Å². The second-order valence-corrected chi connectivity index (χ2v) is 13.3. The first-order chi connectivity index (χ1) is 19.9. The van der Waals surface area contributed by atoms with Gasteiger partial charge < -0.3 is 20.3 Å². The summed E-state index contributed by atoms with van der Waals surface area (Å²) in [6.07, 6.45) is 15.3. The van der Waals surface area contributed by atoms with Crippen molar-refractivity contribution in [3.8, 4) is 0 Å². The summed E-state index contributed by atoms with van der Waals surface area (Å²) in [5.74, 6) is -1.90. The highest BCUT2D eigenvalue weighted by Gasteiger charge is 2.72. The molecule has 3 amide bonds. The number of piperidine rings is 1. The molecule has 1 spiro atoms. The lowest BCUT2D eigenvalue weighted by Crippen LogP contribution is -2.57. The average molecular weight is 581 g/mol. The fourth-order valence-electron chi connectivity index (χ4n) is 8.01. The number of rotatable bonds is 9. The van der Waals surface area contributed by atoms with Crippen LogP contribution in [0.4, 0.5) is 5.69 Å². The van der Waals surface area contributed by atoms with E-state index in [-0.39, 0.29) is 23.8 Å². The first kappa shape index (κ1) is 28.7. The third kappa shape index (κ3) is 5.34. The number of anilines is 1. The van der Waals surface area contributed by atoms with Gasteiger partial charge in [-0.3, -0.25) is 19.3 Å². The van der Waals surface area contributed by atoms with Crippen LogP contribution in [0.2, 0.25) is 0 Å². The van der Waals surface area contributed by atoms with Crippen LogP contribution in [-0.4, -0.2) is 83.2 Å². The van der Waals surface area contributed by atoms with Crippen molar-refractivity contribution < 1.29 is 19.1 Å². The fourth-order valence-corrected chi connectivity index (χ4v) is 8.47. The highest BCUT2D eigenvalue weighted by Crippen LogP contribution is 2.55. The Hall–Kier alpha value is -2.36. The minimum Gasteiger partial charge on any atom is -0.359 e. The van der Waals surface area contributed by atoms with E-state index in [0.717, 1.165) is 56.5 Å². The van der Waals surface area contributed by atoms with E-state index in [4.69, 9.17) is 4.74 Å². The maximum absolute atomic E-state index is 14.3. The number of nitrogens with zero attached hydrogens (tertiary/aromatic N) is 2. The van der Waals surface area contributed by atoms with Crippen molar-refractivity contribution in [2.24, 2.45) is 11.8 Å². The van der Waals surface area contributed by atoms with Gasteiger partial charge in [-0.05, 0) is 63.1 Å². The zero-order chi connectivity index (χ0) is 28.6. The number of hydrogen-bond acceptors (Lipinski definition) is 6. The fraction of sp³-hybridized carbons (Fsp3) is 0.656. The second-order valence-electron chi connectivity index (χ2n) is 12.4. The molecule has 0 radical (unpaired) electrons. The minimum absolute atomic E-state index is 0.126. The van der Waals surface area contributed by atoms with Crippen LogP contribution in [0, 0.1) is 11.8 Å². The number of amides is 3. The Morgan fingerprint density at radius 3 is 2.66 bits per heavy atom. The molecule has 9 heteroatoms. The summed E-state index contributed by atoms with van der Waals surface area (Å²) in [5, 5.41) is 6.34. The van der Waals surface area contributed by atoms with Gasteiger partial charge in [-0.2, -0.15) is 0 Å². The van der Waals surface area contributed by atoms with Crippen molar-refractivity contribution in [1.29, 1.82) is 0 Å². The minimum atomic E-state index is -1.12. The maximum Gasteiger partial charge on any atom is 0.246 e. The Balaban J connectivity index is 1.27. The van der Waals surface area contributed by atoms with Crippen molar-refractivity contribution in [3.05, 3.63) is 36.4 Å². The topological polar surface area (TPSA) is 91.0 Å². The molecule has 222 valence electrons. The quantitative estimate of drug-likeness (QED) is 0.336. The third-order valence-corrected chi connectivity index (χ3v) is 10.8. The van der Waals surface area contributed by atoms with Crippen molar-refractivity contribution in [2.75, 3.05) is 31.2 Å². The molecule has 1 aromatic rings. The molecule has 4 aliphatic heterocycles.